The smallest absolute Gasteiger partial charge is 0.239 e. The molecule has 6 heteroatoms. The number of piperazine rings is 1. The summed E-state index contributed by atoms with van der Waals surface area (Å²) in [6, 6.07) is 1.93. The third kappa shape index (κ3) is 2.43. The number of anilines is 1. The van der Waals surface area contributed by atoms with Gasteiger partial charge < -0.3 is 16.0 Å². The first-order valence-corrected chi connectivity index (χ1v) is 6.19. The monoisotopic (exact) mass is 264 g/mol. The number of rotatable bonds is 2. The van der Waals surface area contributed by atoms with Gasteiger partial charge in [0, 0.05) is 24.5 Å². The Morgan fingerprint density at radius 3 is 2.89 bits per heavy atom. The van der Waals surface area contributed by atoms with E-state index in [2.05, 4.69) is 10.3 Å². The Hall–Kier alpha value is -1.69. The van der Waals surface area contributed by atoms with E-state index in [-0.39, 0.29) is 5.91 Å². The Kier molecular flexibility index (Phi) is 3.47. The molecular formula is C12H16N4OS. The van der Waals surface area contributed by atoms with Crippen LogP contribution < -0.4 is 16.0 Å². The molecule has 1 saturated heterocycles. The van der Waals surface area contributed by atoms with Crippen LogP contribution in [-0.4, -0.2) is 35.5 Å². The average molecular weight is 264 g/mol. The first kappa shape index (κ1) is 12.8. The minimum absolute atomic E-state index is 0.0160. The maximum absolute atomic E-state index is 11.5. The molecule has 0 saturated carbocycles. The zero-order valence-corrected chi connectivity index (χ0v) is 11.3. The SMILES string of the molecule is Cc1cc(N2CCNC(=O)C2)c(C(N)=S)c(C)n1. The zero-order chi connectivity index (χ0) is 13.3. The van der Waals surface area contributed by atoms with Crippen LogP contribution in [-0.2, 0) is 4.79 Å². The van der Waals surface area contributed by atoms with Crippen molar-refractivity contribution in [1.29, 1.82) is 0 Å². The molecule has 3 N–H and O–H groups in total. The number of carbonyl (C=O) groups excluding carboxylic acids is 1. The molecule has 1 aromatic heterocycles. The lowest BCUT2D eigenvalue weighted by Crippen LogP contribution is -2.48. The molecule has 1 amide bonds. The summed E-state index contributed by atoms with van der Waals surface area (Å²) >= 11 is 5.09. The van der Waals surface area contributed by atoms with Crippen LogP contribution in [0.5, 0.6) is 0 Å². The Labute approximate surface area is 111 Å². The van der Waals surface area contributed by atoms with Crippen LogP contribution in [0.4, 0.5) is 5.69 Å². The highest BCUT2D eigenvalue weighted by molar-refractivity contribution is 7.80. The largest absolute Gasteiger partial charge is 0.389 e. The van der Waals surface area contributed by atoms with Crippen molar-refractivity contribution in [3.8, 4) is 0 Å². The highest BCUT2D eigenvalue weighted by atomic mass is 32.1. The fourth-order valence-electron chi connectivity index (χ4n) is 2.21. The van der Waals surface area contributed by atoms with E-state index in [1.165, 1.54) is 0 Å². The van der Waals surface area contributed by atoms with E-state index < -0.39 is 0 Å². The number of hydrogen-bond acceptors (Lipinski definition) is 4. The van der Waals surface area contributed by atoms with Crippen LogP contribution in [0.15, 0.2) is 6.07 Å². The molecule has 0 atom stereocenters. The van der Waals surface area contributed by atoms with Gasteiger partial charge in [-0.3, -0.25) is 9.78 Å². The maximum Gasteiger partial charge on any atom is 0.239 e. The normalized spacial score (nSPS) is 15.4. The third-order valence-electron chi connectivity index (χ3n) is 2.93. The van der Waals surface area contributed by atoms with Crippen molar-refractivity contribution in [2.24, 2.45) is 5.73 Å². The lowest BCUT2D eigenvalue weighted by Gasteiger charge is -2.30. The Balaban J connectivity index is 2.48. The van der Waals surface area contributed by atoms with Gasteiger partial charge in [-0.2, -0.15) is 0 Å². The van der Waals surface area contributed by atoms with Crippen LogP contribution in [0.2, 0.25) is 0 Å². The van der Waals surface area contributed by atoms with Crippen LogP contribution in [0.25, 0.3) is 0 Å². The molecule has 0 aliphatic carbocycles. The summed E-state index contributed by atoms with van der Waals surface area (Å²) in [4.78, 5) is 18.2. The van der Waals surface area contributed by atoms with E-state index in [4.69, 9.17) is 18.0 Å². The predicted octanol–water partition coefficient (Wildman–Crippen LogP) is 0.269. The number of nitrogens with zero attached hydrogens (tertiary/aromatic N) is 2. The molecule has 2 heterocycles. The maximum atomic E-state index is 11.5. The molecule has 18 heavy (non-hydrogen) atoms. The predicted molar refractivity (Wildman–Crippen MR) is 74.8 cm³/mol. The molecule has 1 aliphatic rings. The van der Waals surface area contributed by atoms with Crippen LogP contribution >= 0.6 is 12.2 Å². The number of thiocarbonyl (C=S) groups is 1. The molecule has 0 aromatic carbocycles. The van der Waals surface area contributed by atoms with Gasteiger partial charge in [-0.15, -0.1) is 0 Å². The minimum Gasteiger partial charge on any atom is -0.389 e. The molecule has 0 unspecified atom stereocenters. The van der Waals surface area contributed by atoms with Gasteiger partial charge in [0.25, 0.3) is 0 Å². The number of aryl methyl sites for hydroxylation is 2. The topological polar surface area (TPSA) is 71.2 Å². The van der Waals surface area contributed by atoms with E-state index >= 15 is 0 Å². The molecule has 0 radical (unpaired) electrons. The van der Waals surface area contributed by atoms with Crippen LogP contribution in [0, 0.1) is 13.8 Å². The van der Waals surface area contributed by atoms with E-state index in [1.807, 2.05) is 24.8 Å². The van der Waals surface area contributed by atoms with E-state index in [0.29, 0.717) is 18.1 Å². The molecule has 1 aromatic rings. The third-order valence-corrected chi connectivity index (χ3v) is 3.14. The van der Waals surface area contributed by atoms with Crippen molar-refractivity contribution in [2.75, 3.05) is 24.5 Å². The summed E-state index contributed by atoms with van der Waals surface area (Å²) in [5.41, 5.74) is 9.15. The Morgan fingerprint density at radius 2 is 2.28 bits per heavy atom. The van der Waals surface area contributed by atoms with E-state index in [0.717, 1.165) is 29.2 Å². The van der Waals surface area contributed by atoms with Crippen molar-refractivity contribution in [2.45, 2.75) is 13.8 Å². The van der Waals surface area contributed by atoms with Crippen molar-refractivity contribution in [3.05, 3.63) is 23.0 Å². The molecule has 2 rings (SSSR count). The van der Waals surface area contributed by atoms with Crippen LogP contribution in [0.3, 0.4) is 0 Å². The van der Waals surface area contributed by atoms with Gasteiger partial charge in [-0.25, -0.2) is 0 Å². The van der Waals surface area contributed by atoms with Crippen molar-refractivity contribution in [3.63, 3.8) is 0 Å². The number of nitrogens with one attached hydrogen (secondary N) is 1. The van der Waals surface area contributed by atoms with Gasteiger partial charge >= 0.3 is 0 Å². The van der Waals surface area contributed by atoms with Gasteiger partial charge in [0.1, 0.15) is 4.99 Å². The number of carbonyl (C=O) groups is 1. The summed E-state index contributed by atoms with van der Waals surface area (Å²) in [7, 11) is 0. The van der Waals surface area contributed by atoms with E-state index in [1.54, 1.807) is 0 Å². The lowest BCUT2D eigenvalue weighted by molar-refractivity contribution is -0.120. The quantitative estimate of drug-likeness (QED) is 0.750. The summed E-state index contributed by atoms with van der Waals surface area (Å²) in [5, 5.41) is 2.80. The first-order valence-electron chi connectivity index (χ1n) is 5.78. The molecular weight excluding hydrogens is 248 g/mol. The number of nitrogens with two attached hydrogens (primary N) is 1. The summed E-state index contributed by atoms with van der Waals surface area (Å²) in [6.45, 7) is 5.53. The second-order valence-electron chi connectivity index (χ2n) is 4.38. The zero-order valence-electron chi connectivity index (χ0n) is 10.5. The standard InChI is InChI=1S/C12H16N4OS/c1-7-5-9(11(12(13)18)8(2)15-7)16-4-3-14-10(17)6-16/h5H,3-4,6H2,1-2H3,(H2,13,18)(H,14,17). The summed E-state index contributed by atoms with van der Waals surface area (Å²) in [5.74, 6) is 0.0160. The summed E-state index contributed by atoms with van der Waals surface area (Å²) < 4.78 is 0. The number of hydrogen-bond donors (Lipinski definition) is 2. The number of pyridine rings is 1. The van der Waals surface area contributed by atoms with Crippen LogP contribution in [0.1, 0.15) is 17.0 Å². The summed E-state index contributed by atoms with van der Waals surface area (Å²) in [6.07, 6.45) is 0. The Morgan fingerprint density at radius 1 is 1.56 bits per heavy atom. The number of amides is 1. The highest BCUT2D eigenvalue weighted by Gasteiger charge is 2.21. The van der Waals surface area contributed by atoms with Gasteiger partial charge in [0.2, 0.25) is 5.91 Å². The minimum atomic E-state index is 0.0160. The van der Waals surface area contributed by atoms with Gasteiger partial charge in [0.15, 0.2) is 0 Å². The fraction of sp³-hybridized carbons (Fsp3) is 0.417. The average Bonchev–Trinajstić information content (AvgIpc) is 2.27. The highest BCUT2D eigenvalue weighted by Crippen LogP contribution is 2.24. The molecule has 96 valence electrons. The second-order valence-corrected chi connectivity index (χ2v) is 4.82. The lowest BCUT2D eigenvalue weighted by atomic mass is 10.1. The van der Waals surface area contributed by atoms with Gasteiger partial charge in [-0.05, 0) is 19.9 Å². The Bertz CT molecular complexity index is 515. The first-order chi connectivity index (χ1) is 8.49. The second kappa shape index (κ2) is 4.89. The molecule has 5 nitrogen and oxygen atoms in total. The van der Waals surface area contributed by atoms with Gasteiger partial charge in [0.05, 0.1) is 17.8 Å². The van der Waals surface area contributed by atoms with Gasteiger partial charge in [-0.1, -0.05) is 12.2 Å². The fourth-order valence-corrected chi connectivity index (χ4v) is 2.46. The molecule has 1 fully saturated rings. The number of aromatic nitrogens is 1. The molecule has 0 spiro atoms. The van der Waals surface area contributed by atoms with Crippen molar-refractivity contribution in [1.82, 2.24) is 10.3 Å². The molecule has 0 bridgehead atoms. The van der Waals surface area contributed by atoms with E-state index in [9.17, 15) is 4.79 Å². The van der Waals surface area contributed by atoms with Crippen molar-refractivity contribution >= 4 is 28.8 Å². The molecule has 1 aliphatic heterocycles. The van der Waals surface area contributed by atoms with Crippen molar-refractivity contribution < 1.29 is 4.79 Å².